The van der Waals surface area contributed by atoms with Gasteiger partial charge in [-0.2, -0.15) is 0 Å². The van der Waals surface area contributed by atoms with E-state index in [1.54, 1.807) is 0 Å². The van der Waals surface area contributed by atoms with Gasteiger partial charge in [-0.05, 0) is 84.0 Å². The Labute approximate surface area is 199 Å². The summed E-state index contributed by atoms with van der Waals surface area (Å²) >= 11 is 0. The topological polar surface area (TPSA) is 35.5 Å². The highest BCUT2D eigenvalue weighted by Gasteiger charge is 2.14. The van der Waals surface area contributed by atoms with Crippen molar-refractivity contribution < 1.29 is 14.3 Å². The first-order chi connectivity index (χ1) is 16.1. The van der Waals surface area contributed by atoms with Crippen molar-refractivity contribution in [3.8, 4) is 5.75 Å². The minimum atomic E-state index is -0.389. The normalized spacial score (nSPS) is 13.0. The van der Waals surface area contributed by atoms with Gasteiger partial charge in [0.15, 0.2) is 0 Å². The van der Waals surface area contributed by atoms with Crippen molar-refractivity contribution in [3.63, 3.8) is 0 Å². The van der Waals surface area contributed by atoms with Gasteiger partial charge in [0, 0.05) is 12.5 Å². The zero-order valence-corrected chi connectivity index (χ0v) is 20.3. The Morgan fingerprint density at radius 3 is 2.70 bits per heavy atom. The number of unbranched alkanes of at least 4 members (excludes halogenated alkanes) is 2. The summed E-state index contributed by atoms with van der Waals surface area (Å²) in [6.45, 7) is 8.79. The third-order valence-corrected chi connectivity index (χ3v) is 6.27. The summed E-state index contributed by atoms with van der Waals surface area (Å²) in [7, 11) is 0. The molecule has 0 bridgehead atoms. The van der Waals surface area contributed by atoms with Gasteiger partial charge in [-0.15, -0.1) is 0 Å². The molecule has 0 amide bonds. The molecule has 0 unspecified atom stereocenters. The van der Waals surface area contributed by atoms with Gasteiger partial charge in [0.25, 0.3) is 0 Å². The first-order valence-corrected chi connectivity index (χ1v) is 12.5. The zero-order chi connectivity index (χ0) is 23.5. The van der Waals surface area contributed by atoms with Crippen LogP contribution in [0.25, 0.3) is 11.6 Å². The van der Waals surface area contributed by atoms with Gasteiger partial charge < -0.3 is 9.47 Å². The second-order valence-electron chi connectivity index (χ2n) is 8.76. The van der Waals surface area contributed by atoms with Gasteiger partial charge in [-0.3, -0.25) is 0 Å². The van der Waals surface area contributed by atoms with Gasteiger partial charge in [-0.25, -0.2) is 4.79 Å². The van der Waals surface area contributed by atoms with Crippen molar-refractivity contribution in [2.75, 3.05) is 13.2 Å². The smallest absolute Gasteiger partial charge is 0.330 e. The molecule has 0 N–H and O–H groups in total. The van der Waals surface area contributed by atoms with Crippen LogP contribution < -0.4 is 4.74 Å². The average Bonchev–Trinajstić information content (AvgIpc) is 3.05. The molecule has 176 valence electrons. The van der Waals surface area contributed by atoms with E-state index in [2.05, 4.69) is 56.8 Å². The number of esters is 1. The zero-order valence-electron chi connectivity index (χ0n) is 20.3. The molecule has 1 aliphatic rings. The lowest BCUT2D eigenvalue weighted by Crippen LogP contribution is -2.06. The molecule has 0 atom stereocenters. The molecule has 0 aromatic heterocycles. The highest BCUT2D eigenvalue weighted by Crippen LogP contribution is 2.33. The lowest BCUT2D eigenvalue weighted by atomic mass is 9.92. The molecule has 3 nitrogen and oxygen atoms in total. The quantitative estimate of drug-likeness (QED) is 0.194. The molecular weight excluding hydrogens is 408 g/mol. The summed E-state index contributed by atoms with van der Waals surface area (Å²) in [5, 5.41) is 0. The van der Waals surface area contributed by atoms with Crippen LogP contribution in [0.4, 0.5) is 0 Å². The number of benzene rings is 2. The molecule has 3 heteroatoms. The lowest BCUT2D eigenvalue weighted by Gasteiger charge is -2.14. The Bertz CT molecular complexity index is 971. The van der Waals surface area contributed by atoms with E-state index in [0.717, 1.165) is 31.4 Å². The highest BCUT2D eigenvalue weighted by molar-refractivity contribution is 5.84. The molecule has 2 aromatic rings. The Morgan fingerprint density at radius 2 is 1.91 bits per heavy atom. The number of hydrogen-bond acceptors (Lipinski definition) is 3. The lowest BCUT2D eigenvalue weighted by molar-refractivity contribution is -0.137. The second kappa shape index (κ2) is 13.0. The molecule has 0 saturated heterocycles. The predicted octanol–water partition coefficient (Wildman–Crippen LogP) is 7.36. The number of rotatable bonds is 12. The Morgan fingerprint density at radius 1 is 1.03 bits per heavy atom. The molecule has 2 aromatic carbocycles. The van der Waals surface area contributed by atoms with E-state index in [9.17, 15) is 4.79 Å². The van der Waals surface area contributed by atoms with Crippen LogP contribution >= 0.6 is 0 Å². The molecule has 0 radical (unpaired) electrons. The molecule has 1 aliphatic carbocycles. The van der Waals surface area contributed by atoms with Crippen LogP contribution in [0.15, 0.2) is 49.1 Å². The maximum atomic E-state index is 11.1. The number of carbonyl (C=O) groups excluding carboxylic acids is 1. The predicted molar refractivity (Wildman–Crippen MR) is 138 cm³/mol. The van der Waals surface area contributed by atoms with Crippen LogP contribution in [0.5, 0.6) is 5.75 Å². The molecule has 0 heterocycles. The van der Waals surface area contributed by atoms with E-state index in [1.807, 2.05) is 6.07 Å². The summed E-state index contributed by atoms with van der Waals surface area (Å²) in [4.78, 5) is 11.1. The summed E-state index contributed by atoms with van der Waals surface area (Å²) in [5.41, 5.74) is 8.44. The van der Waals surface area contributed by atoms with Crippen molar-refractivity contribution in [3.05, 3.63) is 76.9 Å². The maximum Gasteiger partial charge on any atom is 0.330 e. The highest BCUT2D eigenvalue weighted by atomic mass is 16.5. The minimum Gasteiger partial charge on any atom is -0.493 e. The van der Waals surface area contributed by atoms with E-state index in [-0.39, 0.29) is 5.97 Å². The number of ether oxygens (including phenoxy) is 2. The average molecular weight is 447 g/mol. The van der Waals surface area contributed by atoms with Crippen molar-refractivity contribution in [1.29, 1.82) is 0 Å². The standard InChI is InChI=1S/C30H38O3/c1-4-7-8-11-23-14-17-29(24(5-2)20-23)27-13-9-12-25-22-28(16-15-26(25)21-27)32-18-10-19-33-30(31)6-3/h6,14-17,20-22H,3-5,7-13,18-19H2,1-2H3. The second-order valence-corrected chi connectivity index (χ2v) is 8.76. The SMILES string of the molecule is C=CC(=O)OCCCOc1ccc2c(c1)CCCC(c1ccc(CCCCC)cc1CC)=C2. The minimum absolute atomic E-state index is 0.346. The fraction of sp³-hybridized carbons (Fsp3) is 0.433. The van der Waals surface area contributed by atoms with Crippen LogP contribution in [-0.2, 0) is 28.8 Å². The molecule has 0 fully saturated rings. The number of aryl methyl sites for hydroxylation is 3. The van der Waals surface area contributed by atoms with Crippen molar-refractivity contribution in [1.82, 2.24) is 0 Å². The number of hydrogen-bond donors (Lipinski definition) is 0. The van der Waals surface area contributed by atoms with Crippen molar-refractivity contribution >= 4 is 17.6 Å². The van der Waals surface area contributed by atoms with Gasteiger partial charge in [0.2, 0.25) is 0 Å². The Hall–Kier alpha value is -2.81. The van der Waals surface area contributed by atoms with Crippen LogP contribution in [0.1, 0.15) is 80.2 Å². The molecule has 33 heavy (non-hydrogen) atoms. The summed E-state index contributed by atoms with van der Waals surface area (Å²) in [5.74, 6) is 0.492. The first-order valence-electron chi connectivity index (χ1n) is 12.5. The van der Waals surface area contributed by atoms with Gasteiger partial charge in [0.1, 0.15) is 5.75 Å². The third-order valence-electron chi connectivity index (χ3n) is 6.27. The molecule has 3 rings (SSSR count). The van der Waals surface area contributed by atoms with Crippen LogP contribution in [0, 0.1) is 0 Å². The molecular formula is C30H38O3. The van der Waals surface area contributed by atoms with Crippen LogP contribution in [0.2, 0.25) is 0 Å². The Kier molecular flexibility index (Phi) is 9.80. The van der Waals surface area contributed by atoms with Gasteiger partial charge >= 0.3 is 5.97 Å². The monoisotopic (exact) mass is 446 g/mol. The van der Waals surface area contributed by atoms with Crippen molar-refractivity contribution in [2.45, 2.75) is 71.6 Å². The maximum absolute atomic E-state index is 11.1. The van der Waals surface area contributed by atoms with Gasteiger partial charge in [-0.1, -0.05) is 63.6 Å². The third kappa shape index (κ3) is 7.35. The fourth-order valence-electron chi connectivity index (χ4n) is 4.44. The first kappa shape index (κ1) is 24.8. The van der Waals surface area contributed by atoms with Crippen molar-refractivity contribution in [2.24, 2.45) is 0 Å². The summed E-state index contributed by atoms with van der Waals surface area (Å²) in [6.07, 6.45) is 13.6. The summed E-state index contributed by atoms with van der Waals surface area (Å²) < 4.78 is 10.9. The Balaban J connectivity index is 1.68. The van der Waals surface area contributed by atoms with E-state index in [1.165, 1.54) is 65.1 Å². The van der Waals surface area contributed by atoms with Gasteiger partial charge in [0.05, 0.1) is 13.2 Å². The van der Waals surface area contributed by atoms with E-state index >= 15 is 0 Å². The largest absolute Gasteiger partial charge is 0.493 e. The number of fused-ring (bicyclic) bond motifs is 1. The number of allylic oxidation sites excluding steroid dienone is 1. The van der Waals surface area contributed by atoms with E-state index < -0.39 is 0 Å². The number of carbonyl (C=O) groups is 1. The molecule has 0 spiro atoms. The van der Waals surface area contributed by atoms with E-state index in [4.69, 9.17) is 9.47 Å². The fourth-order valence-corrected chi connectivity index (χ4v) is 4.44. The summed E-state index contributed by atoms with van der Waals surface area (Å²) in [6, 6.07) is 13.5. The molecule has 0 aliphatic heterocycles. The van der Waals surface area contributed by atoms with E-state index in [0.29, 0.717) is 19.6 Å². The molecule has 0 saturated carbocycles. The van der Waals surface area contributed by atoms with Crippen LogP contribution in [-0.4, -0.2) is 19.2 Å². The van der Waals surface area contributed by atoms with Crippen LogP contribution in [0.3, 0.4) is 0 Å².